The van der Waals surface area contributed by atoms with Crippen LogP contribution in [0.15, 0.2) is 0 Å². The fourth-order valence-electron chi connectivity index (χ4n) is 0.693. The van der Waals surface area contributed by atoms with Gasteiger partial charge >= 0.3 is 24.7 Å². The summed E-state index contributed by atoms with van der Waals surface area (Å²) >= 11 is 0. The van der Waals surface area contributed by atoms with Crippen LogP contribution in [-0.2, 0) is 38.7 Å². The van der Waals surface area contributed by atoms with Crippen molar-refractivity contribution in [3.63, 3.8) is 0 Å². The maximum atomic E-state index is 11.3. The molecule has 0 atom stereocenters. The average molecular weight is 500 g/mol. The normalized spacial score (nSPS) is 11.9. The summed E-state index contributed by atoms with van der Waals surface area (Å²) in [6, 6.07) is 0. The second-order valence-corrected chi connectivity index (χ2v) is 4.04. The molecule has 162 valence electrons. The van der Waals surface area contributed by atoms with E-state index >= 15 is 0 Å². The van der Waals surface area contributed by atoms with Crippen LogP contribution >= 0.6 is 0 Å². The predicted octanol–water partition coefficient (Wildman–Crippen LogP) is 2.45. The number of alkyl halides is 12. The summed E-state index contributed by atoms with van der Waals surface area (Å²) in [7, 11) is 0. The fraction of sp³-hybridized carbons (Fsp3) is 0.600. The van der Waals surface area contributed by atoms with Gasteiger partial charge in [0.2, 0.25) is 23.1 Å². The average Bonchev–Trinajstić information content (AvgIpc) is 2.34. The van der Waals surface area contributed by atoms with Crippen LogP contribution in [-0.4, -0.2) is 53.3 Å². The summed E-state index contributed by atoms with van der Waals surface area (Å²) in [5, 5.41) is 0. The van der Waals surface area contributed by atoms with Gasteiger partial charge in [-0.3, -0.25) is 19.2 Å². The van der Waals surface area contributed by atoms with Crippen LogP contribution in [0.4, 0.5) is 52.7 Å². The number of rotatable bonds is 4. The van der Waals surface area contributed by atoms with E-state index in [2.05, 4.69) is 0 Å². The van der Waals surface area contributed by atoms with Gasteiger partial charge in [0.05, 0.1) is 12.8 Å². The zero-order chi connectivity index (χ0) is 21.7. The van der Waals surface area contributed by atoms with Gasteiger partial charge in [-0.25, -0.2) is 0 Å². The molecular formula is C10H6F12O5Zn. The van der Waals surface area contributed by atoms with Crippen LogP contribution in [0.3, 0.4) is 0 Å². The molecular weight excluding hydrogens is 493 g/mol. The molecule has 0 fully saturated rings. The first kappa shape index (κ1) is 34.0. The number of carbonyl (C=O) groups excluding carboxylic acids is 4. The first-order valence-electron chi connectivity index (χ1n) is 5.50. The molecule has 28 heavy (non-hydrogen) atoms. The van der Waals surface area contributed by atoms with Crippen LogP contribution in [0, 0.1) is 0 Å². The van der Waals surface area contributed by atoms with Crippen molar-refractivity contribution in [2.24, 2.45) is 0 Å². The fourth-order valence-corrected chi connectivity index (χ4v) is 0.693. The molecule has 0 saturated carbocycles. The van der Waals surface area contributed by atoms with Gasteiger partial charge in [-0.2, -0.15) is 52.7 Å². The molecule has 0 unspecified atom stereocenters. The van der Waals surface area contributed by atoms with E-state index in [1.165, 1.54) is 0 Å². The maximum Gasteiger partial charge on any atom is 0.450 e. The molecule has 2 N–H and O–H groups in total. The summed E-state index contributed by atoms with van der Waals surface area (Å²) in [5.41, 5.74) is 0. The zero-order valence-corrected chi connectivity index (χ0v) is 15.8. The van der Waals surface area contributed by atoms with E-state index in [9.17, 15) is 71.9 Å². The largest absolute Gasteiger partial charge is 0.450 e. The Bertz CT molecular complexity index is 459. The van der Waals surface area contributed by atoms with Crippen LogP contribution in [0.1, 0.15) is 12.8 Å². The van der Waals surface area contributed by atoms with Crippen LogP contribution in [0.2, 0.25) is 0 Å². The number of carbonyl (C=O) groups is 4. The Morgan fingerprint density at radius 2 is 0.536 bits per heavy atom. The molecule has 5 nitrogen and oxygen atoms in total. The number of hydrogen-bond donors (Lipinski definition) is 0. The smallest absolute Gasteiger partial charge is 0.412 e. The summed E-state index contributed by atoms with van der Waals surface area (Å²) in [4.78, 5) is 39.5. The van der Waals surface area contributed by atoms with Gasteiger partial charge in [0.15, 0.2) is 0 Å². The Balaban J connectivity index is -0.000000192. The molecule has 0 aromatic carbocycles. The minimum Gasteiger partial charge on any atom is -0.412 e. The van der Waals surface area contributed by atoms with E-state index in [0.717, 1.165) is 0 Å². The third-order valence-corrected chi connectivity index (χ3v) is 1.91. The van der Waals surface area contributed by atoms with E-state index in [0.29, 0.717) is 0 Å². The molecule has 0 spiro atoms. The maximum absolute atomic E-state index is 11.3. The minimum absolute atomic E-state index is 0. The van der Waals surface area contributed by atoms with E-state index in [4.69, 9.17) is 0 Å². The molecule has 0 radical (unpaired) electrons. The first-order chi connectivity index (χ1) is 11.1. The Morgan fingerprint density at radius 1 is 0.429 bits per heavy atom. The van der Waals surface area contributed by atoms with Gasteiger partial charge < -0.3 is 5.48 Å². The minimum atomic E-state index is -5.40. The van der Waals surface area contributed by atoms with Crippen LogP contribution in [0.25, 0.3) is 0 Å². The Kier molecular flexibility index (Phi) is 13.9. The van der Waals surface area contributed by atoms with Gasteiger partial charge in [0.1, 0.15) is 0 Å². The van der Waals surface area contributed by atoms with Crippen molar-refractivity contribution in [2.75, 3.05) is 0 Å². The van der Waals surface area contributed by atoms with Crippen molar-refractivity contribution in [1.29, 1.82) is 0 Å². The molecule has 0 saturated heterocycles. The Morgan fingerprint density at radius 3 is 0.607 bits per heavy atom. The third kappa shape index (κ3) is 14.5. The number of hydrogen-bond acceptors (Lipinski definition) is 4. The van der Waals surface area contributed by atoms with Crippen molar-refractivity contribution >= 4 is 23.1 Å². The molecule has 0 amide bonds. The van der Waals surface area contributed by atoms with Crippen LogP contribution < -0.4 is 0 Å². The van der Waals surface area contributed by atoms with Gasteiger partial charge in [0, 0.05) is 19.5 Å². The number of ketones is 4. The Hall–Kier alpha value is -1.58. The topological polar surface area (TPSA) is 99.8 Å². The van der Waals surface area contributed by atoms with Crippen molar-refractivity contribution in [3.8, 4) is 0 Å². The summed E-state index contributed by atoms with van der Waals surface area (Å²) in [5.74, 6) is -10.8. The second kappa shape index (κ2) is 11.4. The molecule has 18 heteroatoms. The number of halogens is 12. The Labute approximate surface area is 158 Å². The monoisotopic (exact) mass is 498 g/mol. The van der Waals surface area contributed by atoms with Crippen LogP contribution in [0.5, 0.6) is 0 Å². The molecule has 0 bridgehead atoms. The van der Waals surface area contributed by atoms with E-state index in [1.807, 2.05) is 0 Å². The van der Waals surface area contributed by atoms with E-state index in [1.54, 1.807) is 0 Å². The van der Waals surface area contributed by atoms with E-state index in [-0.39, 0.29) is 25.0 Å². The standard InChI is InChI=1S/2C5H2F6O2.H2O.Zn/c2*6-4(7,8)2(12)1-3(13)5(9,10)11;;/h2*1H2;1H2;. The van der Waals surface area contributed by atoms with Crippen molar-refractivity contribution in [2.45, 2.75) is 37.5 Å². The predicted molar refractivity (Wildman–Crippen MR) is 57.1 cm³/mol. The van der Waals surface area contributed by atoms with Gasteiger partial charge in [-0.15, -0.1) is 0 Å². The van der Waals surface area contributed by atoms with E-state index < -0.39 is 60.7 Å². The molecule has 0 aromatic rings. The van der Waals surface area contributed by atoms with Crippen molar-refractivity contribution < 1.29 is 96.8 Å². The second-order valence-electron chi connectivity index (χ2n) is 4.04. The van der Waals surface area contributed by atoms with Gasteiger partial charge in [0.25, 0.3) is 0 Å². The third-order valence-electron chi connectivity index (χ3n) is 1.91. The molecule has 0 heterocycles. The molecule has 0 aliphatic heterocycles. The van der Waals surface area contributed by atoms with Crippen molar-refractivity contribution in [1.82, 2.24) is 0 Å². The van der Waals surface area contributed by atoms with Gasteiger partial charge in [-0.05, 0) is 0 Å². The summed E-state index contributed by atoms with van der Waals surface area (Å²) in [6.45, 7) is 0. The SMILES string of the molecule is O.O=C(CC(=O)C(F)(F)F)C(F)(F)F.O=C(CC(=O)C(F)(F)F)C(F)(F)F.[Zn]. The molecule has 0 aliphatic rings. The molecule has 0 aliphatic carbocycles. The van der Waals surface area contributed by atoms with Crippen molar-refractivity contribution in [3.05, 3.63) is 0 Å². The summed E-state index contributed by atoms with van der Waals surface area (Å²) < 4.78 is 136. The van der Waals surface area contributed by atoms with Gasteiger partial charge in [-0.1, -0.05) is 0 Å². The number of Topliss-reactive ketones (excluding diaryl/α,β-unsaturated/α-hetero) is 4. The quantitative estimate of drug-likeness (QED) is 0.337. The molecule has 0 rings (SSSR count). The molecule has 0 aromatic heterocycles. The first-order valence-corrected chi connectivity index (χ1v) is 5.50. The summed E-state index contributed by atoms with van der Waals surface area (Å²) in [6.07, 6.45) is -26.0. The zero-order valence-electron chi connectivity index (χ0n) is 12.8.